The summed E-state index contributed by atoms with van der Waals surface area (Å²) < 4.78 is 13.1. The number of rotatable bonds is 7. The smallest absolute Gasteiger partial charge is 0.255 e. The lowest BCUT2D eigenvalue weighted by Gasteiger charge is -2.32. The summed E-state index contributed by atoms with van der Waals surface area (Å²) in [5.74, 6) is -0.0302. The van der Waals surface area contributed by atoms with Gasteiger partial charge in [-0.25, -0.2) is 4.39 Å². The Kier molecular flexibility index (Phi) is 6.48. The van der Waals surface area contributed by atoms with Crippen LogP contribution in [0.25, 0.3) is 10.9 Å². The number of nitrogens with one attached hydrogen (secondary N) is 2. The van der Waals surface area contributed by atoms with Crippen molar-refractivity contribution >= 4 is 22.5 Å². The molecule has 1 fully saturated rings. The number of hydrogen-bond donors (Lipinski definition) is 2. The Balaban J connectivity index is 1.44. The van der Waals surface area contributed by atoms with Crippen molar-refractivity contribution in [1.82, 2.24) is 9.88 Å². The number of aromatic nitrogens is 1. The molecule has 2 aromatic carbocycles. The zero-order valence-electron chi connectivity index (χ0n) is 17.6. The molecule has 1 aliphatic rings. The third-order valence-electron chi connectivity index (χ3n) is 6.18. The summed E-state index contributed by atoms with van der Waals surface area (Å²) in [6, 6.07) is 11.6. The number of halogens is 1. The summed E-state index contributed by atoms with van der Waals surface area (Å²) in [7, 11) is 0. The van der Waals surface area contributed by atoms with Gasteiger partial charge in [0.15, 0.2) is 0 Å². The standard InChI is InChI=1S/C25H30FN3O/c1-2-3-4-13-29-14-11-18(12-15-29)23-17-27-24-10-9-21(16-22(23)24)28-25(30)19-5-7-20(26)8-6-19/h5-10,16-18,27H,2-4,11-15H2,1H3,(H,28,30). The van der Waals surface area contributed by atoms with Crippen LogP contribution in [-0.4, -0.2) is 35.4 Å². The van der Waals surface area contributed by atoms with E-state index in [9.17, 15) is 9.18 Å². The topological polar surface area (TPSA) is 48.1 Å². The van der Waals surface area contributed by atoms with Crippen LogP contribution < -0.4 is 5.32 Å². The van der Waals surface area contributed by atoms with E-state index in [0.717, 1.165) is 24.3 Å². The van der Waals surface area contributed by atoms with E-state index in [1.165, 1.54) is 73.9 Å². The zero-order valence-corrected chi connectivity index (χ0v) is 17.6. The summed E-state index contributed by atoms with van der Waals surface area (Å²) in [6.07, 6.45) is 8.36. The van der Waals surface area contributed by atoms with E-state index in [1.807, 2.05) is 12.1 Å². The van der Waals surface area contributed by atoms with Crippen LogP contribution in [0.5, 0.6) is 0 Å². The van der Waals surface area contributed by atoms with Crippen LogP contribution in [0, 0.1) is 5.82 Å². The molecule has 2 heterocycles. The Bertz CT molecular complexity index is 987. The largest absolute Gasteiger partial charge is 0.361 e. The number of nitrogens with zero attached hydrogens (tertiary/aromatic N) is 1. The fourth-order valence-corrected chi connectivity index (χ4v) is 4.42. The Labute approximate surface area is 177 Å². The van der Waals surface area contributed by atoms with Crippen molar-refractivity contribution in [1.29, 1.82) is 0 Å². The maximum absolute atomic E-state index is 13.1. The second-order valence-corrected chi connectivity index (χ2v) is 8.29. The van der Waals surface area contributed by atoms with Gasteiger partial charge in [-0.15, -0.1) is 0 Å². The number of amides is 1. The van der Waals surface area contributed by atoms with Gasteiger partial charge in [0.2, 0.25) is 0 Å². The molecule has 0 saturated carbocycles. The molecule has 0 atom stereocenters. The van der Waals surface area contributed by atoms with Crippen LogP contribution in [-0.2, 0) is 0 Å². The van der Waals surface area contributed by atoms with Crippen molar-refractivity contribution in [2.24, 2.45) is 0 Å². The first kappa shape index (κ1) is 20.6. The molecule has 4 rings (SSSR count). The summed E-state index contributed by atoms with van der Waals surface area (Å²) in [5.41, 5.74) is 3.64. The Morgan fingerprint density at radius 3 is 2.63 bits per heavy atom. The van der Waals surface area contributed by atoms with Gasteiger partial charge < -0.3 is 15.2 Å². The van der Waals surface area contributed by atoms with Gasteiger partial charge in [-0.2, -0.15) is 0 Å². The molecular weight excluding hydrogens is 377 g/mol. The average molecular weight is 408 g/mol. The third-order valence-corrected chi connectivity index (χ3v) is 6.18. The molecular formula is C25H30FN3O. The van der Waals surface area contributed by atoms with E-state index in [-0.39, 0.29) is 11.7 Å². The van der Waals surface area contributed by atoms with Crippen molar-refractivity contribution < 1.29 is 9.18 Å². The van der Waals surface area contributed by atoms with Gasteiger partial charge in [-0.05, 0) is 92.8 Å². The number of aromatic amines is 1. The Hall–Kier alpha value is -2.66. The molecule has 1 amide bonds. The molecule has 1 aromatic heterocycles. The van der Waals surface area contributed by atoms with Crippen LogP contribution in [0.15, 0.2) is 48.7 Å². The van der Waals surface area contributed by atoms with Gasteiger partial charge in [0, 0.05) is 28.4 Å². The number of fused-ring (bicyclic) bond motifs is 1. The van der Waals surface area contributed by atoms with Gasteiger partial charge in [-0.1, -0.05) is 19.8 Å². The van der Waals surface area contributed by atoms with Crippen molar-refractivity contribution in [3.8, 4) is 0 Å². The number of hydrogen-bond acceptors (Lipinski definition) is 2. The fraction of sp³-hybridized carbons (Fsp3) is 0.400. The molecule has 3 aromatic rings. The first-order chi connectivity index (χ1) is 14.6. The number of piperidine rings is 1. The molecule has 4 nitrogen and oxygen atoms in total. The molecule has 1 aliphatic heterocycles. The van der Waals surface area contributed by atoms with Gasteiger partial charge in [0.05, 0.1) is 0 Å². The Morgan fingerprint density at radius 2 is 1.90 bits per heavy atom. The van der Waals surface area contributed by atoms with Crippen LogP contribution in [0.1, 0.15) is 60.9 Å². The van der Waals surface area contributed by atoms with Gasteiger partial charge in [0.1, 0.15) is 5.82 Å². The lowest BCUT2D eigenvalue weighted by Crippen LogP contribution is -2.33. The van der Waals surface area contributed by atoms with Crippen molar-refractivity contribution in [3.05, 3.63) is 65.6 Å². The monoisotopic (exact) mass is 407 g/mol. The minimum atomic E-state index is -0.346. The van der Waals surface area contributed by atoms with Gasteiger partial charge >= 0.3 is 0 Å². The molecule has 0 radical (unpaired) electrons. The first-order valence-electron chi connectivity index (χ1n) is 11.0. The maximum atomic E-state index is 13.1. The van der Waals surface area contributed by atoms with Crippen LogP contribution >= 0.6 is 0 Å². The zero-order chi connectivity index (χ0) is 20.9. The number of likely N-dealkylation sites (tertiary alicyclic amines) is 1. The second-order valence-electron chi connectivity index (χ2n) is 8.29. The van der Waals surface area contributed by atoms with Crippen LogP contribution in [0.2, 0.25) is 0 Å². The SMILES string of the molecule is CCCCCN1CCC(c2c[nH]c3ccc(NC(=O)c4ccc(F)cc4)cc23)CC1. The number of carbonyl (C=O) groups is 1. The highest BCUT2D eigenvalue weighted by molar-refractivity contribution is 6.05. The lowest BCUT2D eigenvalue weighted by molar-refractivity contribution is 0.102. The Morgan fingerprint density at radius 1 is 1.13 bits per heavy atom. The summed E-state index contributed by atoms with van der Waals surface area (Å²) >= 11 is 0. The highest BCUT2D eigenvalue weighted by Crippen LogP contribution is 2.34. The molecule has 0 bridgehead atoms. The minimum absolute atomic E-state index is 0.230. The fourth-order valence-electron chi connectivity index (χ4n) is 4.42. The van der Waals surface area contributed by atoms with E-state index in [1.54, 1.807) is 0 Å². The molecule has 158 valence electrons. The summed E-state index contributed by atoms with van der Waals surface area (Å²) in [5, 5.41) is 4.12. The van der Waals surface area contributed by atoms with E-state index in [2.05, 4.69) is 34.4 Å². The highest BCUT2D eigenvalue weighted by atomic mass is 19.1. The summed E-state index contributed by atoms with van der Waals surface area (Å²) in [6.45, 7) is 5.78. The van der Waals surface area contributed by atoms with E-state index in [4.69, 9.17) is 0 Å². The number of H-pyrrole nitrogens is 1. The number of carbonyl (C=O) groups excluding carboxylic acids is 1. The lowest BCUT2D eigenvalue weighted by atomic mass is 9.89. The number of unbranched alkanes of at least 4 members (excludes halogenated alkanes) is 2. The third kappa shape index (κ3) is 4.73. The molecule has 2 N–H and O–H groups in total. The molecule has 0 aliphatic carbocycles. The normalized spacial score (nSPS) is 15.5. The number of anilines is 1. The van der Waals surface area contributed by atoms with E-state index in [0.29, 0.717) is 11.5 Å². The van der Waals surface area contributed by atoms with E-state index < -0.39 is 0 Å². The predicted octanol–water partition coefficient (Wildman–Crippen LogP) is 5.93. The number of benzene rings is 2. The molecule has 5 heteroatoms. The average Bonchev–Trinajstić information content (AvgIpc) is 3.18. The van der Waals surface area contributed by atoms with E-state index >= 15 is 0 Å². The van der Waals surface area contributed by atoms with Crippen LogP contribution in [0.4, 0.5) is 10.1 Å². The quantitative estimate of drug-likeness (QED) is 0.477. The van der Waals surface area contributed by atoms with Crippen LogP contribution in [0.3, 0.4) is 0 Å². The molecule has 30 heavy (non-hydrogen) atoms. The van der Waals surface area contributed by atoms with Gasteiger partial charge in [0.25, 0.3) is 5.91 Å². The van der Waals surface area contributed by atoms with Crippen molar-refractivity contribution in [3.63, 3.8) is 0 Å². The minimum Gasteiger partial charge on any atom is -0.361 e. The second kappa shape index (κ2) is 9.43. The van der Waals surface area contributed by atoms with Gasteiger partial charge in [-0.3, -0.25) is 4.79 Å². The van der Waals surface area contributed by atoms with Crippen molar-refractivity contribution in [2.45, 2.75) is 44.9 Å². The highest BCUT2D eigenvalue weighted by Gasteiger charge is 2.22. The predicted molar refractivity (Wildman–Crippen MR) is 121 cm³/mol. The molecule has 0 unspecified atom stereocenters. The summed E-state index contributed by atoms with van der Waals surface area (Å²) in [4.78, 5) is 18.5. The molecule has 1 saturated heterocycles. The maximum Gasteiger partial charge on any atom is 0.255 e. The molecule has 0 spiro atoms. The van der Waals surface area contributed by atoms with Crippen molar-refractivity contribution in [2.75, 3.05) is 25.0 Å². The first-order valence-corrected chi connectivity index (χ1v) is 11.0.